The minimum absolute atomic E-state index is 0.0137. The van der Waals surface area contributed by atoms with E-state index in [9.17, 15) is 4.79 Å². The highest BCUT2D eigenvalue weighted by Gasteiger charge is 2.09. The largest absolute Gasteiger partial charge is 0.385 e. The summed E-state index contributed by atoms with van der Waals surface area (Å²) < 4.78 is 5.31. The van der Waals surface area contributed by atoms with Gasteiger partial charge >= 0.3 is 0 Å². The van der Waals surface area contributed by atoms with E-state index in [1.165, 1.54) is 11.3 Å². The summed E-state index contributed by atoms with van der Waals surface area (Å²) in [5, 5.41) is 6.28. The zero-order valence-electron chi connectivity index (χ0n) is 11.5. The van der Waals surface area contributed by atoms with E-state index in [1.54, 1.807) is 0 Å². The molecule has 2 N–H and O–H groups in total. The molecule has 104 valence electrons. The number of benzene rings is 1. The van der Waals surface area contributed by atoms with E-state index in [2.05, 4.69) is 23.6 Å². The first-order valence-electron chi connectivity index (χ1n) is 7.04. The van der Waals surface area contributed by atoms with Crippen molar-refractivity contribution in [1.29, 1.82) is 0 Å². The molecule has 1 aromatic rings. The second-order valence-electron chi connectivity index (χ2n) is 4.81. The molecule has 1 heterocycles. The van der Waals surface area contributed by atoms with E-state index in [-0.39, 0.29) is 5.91 Å². The number of rotatable bonds is 6. The molecule has 0 spiro atoms. The Bertz CT molecular complexity index is 432. The number of hydrogen-bond donors (Lipinski definition) is 2. The molecule has 0 radical (unpaired) electrons. The van der Waals surface area contributed by atoms with Gasteiger partial charge in [-0.25, -0.2) is 0 Å². The van der Waals surface area contributed by atoms with Gasteiger partial charge in [0.2, 0.25) is 5.91 Å². The van der Waals surface area contributed by atoms with Gasteiger partial charge in [0.1, 0.15) is 0 Å². The number of aryl methyl sites for hydroxylation is 1. The first-order valence-corrected chi connectivity index (χ1v) is 7.04. The van der Waals surface area contributed by atoms with Gasteiger partial charge in [-0.2, -0.15) is 0 Å². The van der Waals surface area contributed by atoms with Crippen LogP contribution in [-0.4, -0.2) is 25.7 Å². The van der Waals surface area contributed by atoms with Gasteiger partial charge in [-0.05, 0) is 43.0 Å². The lowest BCUT2D eigenvalue weighted by Gasteiger charge is -2.18. The molecule has 0 fully saturated rings. The fourth-order valence-electron chi connectivity index (χ4n) is 2.19. The third-order valence-electron chi connectivity index (χ3n) is 3.15. The number of anilines is 2. The van der Waals surface area contributed by atoms with E-state index in [1.807, 2.05) is 12.1 Å². The summed E-state index contributed by atoms with van der Waals surface area (Å²) in [7, 11) is 0. The zero-order valence-corrected chi connectivity index (χ0v) is 11.5. The van der Waals surface area contributed by atoms with Crippen LogP contribution in [0.2, 0.25) is 0 Å². The fourth-order valence-corrected chi connectivity index (χ4v) is 2.19. The smallest absolute Gasteiger partial charge is 0.226 e. The Morgan fingerprint density at radius 1 is 1.42 bits per heavy atom. The highest BCUT2D eigenvalue weighted by atomic mass is 16.5. The molecule has 0 aliphatic carbocycles. The lowest BCUT2D eigenvalue weighted by Crippen LogP contribution is -2.16. The van der Waals surface area contributed by atoms with Crippen molar-refractivity contribution in [3.63, 3.8) is 0 Å². The number of nitrogens with one attached hydrogen (secondary N) is 2. The lowest BCUT2D eigenvalue weighted by atomic mass is 10.0. The molecule has 4 heteroatoms. The van der Waals surface area contributed by atoms with E-state index in [0.29, 0.717) is 13.0 Å². The maximum atomic E-state index is 11.7. The summed E-state index contributed by atoms with van der Waals surface area (Å²) in [6.07, 6.45) is 3.62. The Balaban J connectivity index is 1.83. The van der Waals surface area contributed by atoms with Gasteiger partial charge in [0.05, 0.1) is 13.0 Å². The van der Waals surface area contributed by atoms with Crippen molar-refractivity contribution in [1.82, 2.24) is 0 Å². The number of fused-ring (bicyclic) bond motifs is 1. The van der Waals surface area contributed by atoms with Crippen molar-refractivity contribution in [3.8, 4) is 0 Å². The molecular formula is C15H22N2O2. The normalized spacial score (nSPS) is 13.5. The minimum atomic E-state index is 0.0137. The van der Waals surface area contributed by atoms with Crippen molar-refractivity contribution in [2.45, 2.75) is 32.6 Å². The summed E-state index contributed by atoms with van der Waals surface area (Å²) in [6, 6.07) is 6.05. The van der Waals surface area contributed by atoms with Crippen molar-refractivity contribution < 1.29 is 9.53 Å². The average Bonchev–Trinajstić information content (AvgIpc) is 2.43. The fraction of sp³-hybridized carbons (Fsp3) is 0.533. The van der Waals surface area contributed by atoms with E-state index < -0.39 is 0 Å². The van der Waals surface area contributed by atoms with Gasteiger partial charge in [0.25, 0.3) is 0 Å². The molecule has 0 aromatic heterocycles. The molecule has 2 rings (SSSR count). The van der Waals surface area contributed by atoms with Crippen molar-refractivity contribution in [3.05, 3.63) is 23.8 Å². The Morgan fingerprint density at radius 2 is 2.32 bits per heavy atom. The Kier molecular flexibility index (Phi) is 5.21. The predicted molar refractivity (Wildman–Crippen MR) is 77.6 cm³/mol. The zero-order chi connectivity index (χ0) is 13.5. The summed E-state index contributed by atoms with van der Waals surface area (Å²) in [5.74, 6) is 0.0137. The van der Waals surface area contributed by atoms with Crippen LogP contribution in [0, 0.1) is 0 Å². The maximum Gasteiger partial charge on any atom is 0.226 e. The predicted octanol–water partition coefficient (Wildman–Crippen LogP) is 2.80. The number of hydrogen-bond acceptors (Lipinski definition) is 3. The van der Waals surface area contributed by atoms with Crippen LogP contribution >= 0.6 is 0 Å². The molecular weight excluding hydrogens is 240 g/mol. The minimum Gasteiger partial charge on any atom is -0.385 e. The maximum absolute atomic E-state index is 11.7. The van der Waals surface area contributed by atoms with Crippen molar-refractivity contribution in [2.24, 2.45) is 0 Å². The second kappa shape index (κ2) is 7.14. The third kappa shape index (κ3) is 4.24. The van der Waals surface area contributed by atoms with E-state index in [4.69, 9.17) is 4.74 Å². The summed E-state index contributed by atoms with van der Waals surface area (Å²) in [6.45, 7) is 4.30. The first-order chi connectivity index (χ1) is 9.29. The number of carbonyl (C=O) groups is 1. The molecule has 1 aliphatic rings. The molecule has 4 nitrogen and oxygen atoms in total. The van der Waals surface area contributed by atoms with Crippen molar-refractivity contribution in [2.75, 3.05) is 30.4 Å². The van der Waals surface area contributed by atoms with Crippen LogP contribution < -0.4 is 10.6 Å². The topological polar surface area (TPSA) is 50.4 Å². The van der Waals surface area contributed by atoms with Gasteiger partial charge in [-0.3, -0.25) is 4.79 Å². The summed E-state index contributed by atoms with van der Waals surface area (Å²) in [4.78, 5) is 11.7. The highest BCUT2D eigenvalue weighted by Crippen LogP contribution is 2.25. The molecule has 1 amide bonds. The first kappa shape index (κ1) is 13.9. The van der Waals surface area contributed by atoms with Gasteiger partial charge in [0, 0.05) is 24.5 Å². The summed E-state index contributed by atoms with van der Waals surface area (Å²) in [5.41, 5.74) is 3.35. The van der Waals surface area contributed by atoms with Gasteiger partial charge in [-0.15, -0.1) is 0 Å². The standard InChI is InChI=1S/C15H22N2O2/c1-2-9-19-10-7-15(18)17-13-5-6-14-12(11-13)4-3-8-16-14/h5-6,11,16H,2-4,7-10H2,1H3,(H,17,18). The van der Waals surface area contributed by atoms with E-state index >= 15 is 0 Å². The molecule has 0 atom stereocenters. The van der Waals surface area contributed by atoms with Gasteiger partial charge in [-0.1, -0.05) is 6.92 Å². The molecule has 1 aliphatic heterocycles. The Morgan fingerprint density at radius 3 is 3.16 bits per heavy atom. The number of carbonyl (C=O) groups excluding carboxylic acids is 1. The molecule has 0 unspecified atom stereocenters. The second-order valence-corrected chi connectivity index (χ2v) is 4.81. The SMILES string of the molecule is CCCOCCC(=O)Nc1ccc2c(c1)CCCN2. The molecule has 19 heavy (non-hydrogen) atoms. The van der Waals surface area contributed by atoms with Crippen LogP contribution in [0.25, 0.3) is 0 Å². The average molecular weight is 262 g/mol. The molecule has 0 bridgehead atoms. The lowest BCUT2D eigenvalue weighted by molar-refractivity contribution is -0.117. The molecule has 0 saturated heterocycles. The summed E-state index contributed by atoms with van der Waals surface area (Å²) >= 11 is 0. The van der Waals surface area contributed by atoms with E-state index in [0.717, 1.165) is 38.1 Å². The van der Waals surface area contributed by atoms with Crippen LogP contribution in [-0.2, 0) is 16.0 Å². The monoisotopic (exact) mass is 262 g/mol. The molecule has 0 saturated carbocycles. The Hall–Kier alpha value is -1.55. The number of ether oxygens (including phenoxy) is 1. The van der Waals surface area contributed by atoms with Crippen LogP contribution in [0.3, 0.4) is 0 Å². The van der Waals surface area contributed by atoms with Gasteiger partial charge in [0.15, 0.2) is 0 Å². The van der Waals surface area contributed by atoms with Crippen LogP contribution in [0.4, 0.5) is 11.4 Å². The third-order valence-corrected chi connectivity index (χ3v) is 3.15. The highest BCUT2D eigenvalue weighted by molar-refractivity contribution is 5.91. The van der Waals surface area contributed by atoms with Crippen LogP contribution in [0.15, 0.2) is 18.2 Å². The van der Waals surface area contributed by atoms with Crippen molar-refractivity contribution >= 4 is 17.3 Å². The quantitative estimate of drug-likeness (QED) is 0.775. The molecule has 1 aromatic carbocycles. The van der Waals surface area contributed by atoms with Gasteiger partial charge < -0.3 is 15.4 Å². The van der Waals surface area contributed by atoms with Crippen LogP contribution in [0.5, 0.6) is 0 Å². The number of amides is 1. The van der Waals surface area contributed by atoms with Crippen LogP contribution in [0.1, 0.15) is 31.7 Å². The Labute approximate surface area is 114 Å².